The fraction of sp³-hybridized carbons (Fsp3) is 0.526. The van der Waals surface area contributed by atoms with Crippen molar-refractivity contribution in [1.29, 1.82) is 0 Å². The molecular weight excluding hydrogens is 437 g/mol. The maximum absolute atomic E-state index is 12.9. The summed E-state index contributed by atoms with van der Waals surface area (Å²) in [4.78, 5) is 16.4. The molecule has 1 N–H and O–H groups in total. The van der Waals surface area contributed by atoms with Crippen molar-refractivity contribution in [2.75, 3.05) is 13.1 Å². The van der Waals surface area contributed by atoms with Gasteiger partial charge in [0.05, 0.1) is 16.0 Å². The van der Waals surface area contributed by atoms with Gasteiger partial charge in [-0.1, -0.05) is 11.2 Å². The Kier molecular flexibility index (Phi) is 6.16. The van der Waals surface area contributed by atoms with Crippen molar-refractivity contribution in [3.8, 4) is 0 Å². The van der Waals surface area contributed by atoms with Crippen LogP contribution in [0.1, 0.15) is 44.0 Å². The van der Waals surface area contributed by atoms with Gasteiger partial charge < -0.3 is 9.84 Å². The van der Waals surface area contributed by atoms with Gasteiger partial charge in [0, 0.05) is 25.9 Å². The lowest BCUT2D eigenvalue weighted by molar-refractivity contribution is -0.137. The van der Waals surface area contributed by atoms with Crippen LogP contribution in [0.15, 0.2) is 33.7 Å². The number of aromatic nitrogens is 2. The second-order valence-corrected chi connectivity index (χ2v) is 9.89. The molecule has 2 heterocycles. The molecular formula is C19H23F3N4O4S. The molecule has 0 aliphatic carbocycles. The number of carbonyl (C=O) groups excluding carboxylic acids is 1. The molecule has 170 valence electrons. The number of carbonyl (C=O) groups is 1. The highest BCUT2D eigenvalue weighted by Crippen LogP contribution is 2.32. The van der Waals surface area contributed by atoms with Crippen molar-refractivity contribution in [3.05, 3.63) is 41.5 Å². The topological polar surface area (TPSA) is 105 Å². The van der Waals surface area contributed by atoms with Crippen LogP contribution < -0.4 is 5.32 Å². The Morgan fingerprint density at radius 3 is 2.42 bits per heavy atom. The third-order valence-electron chi connectivity index (χ3n) is 5.15. The van der Waals surface area contributed by atoms with Gasteiger partial charge in [0.25, 0.3) is 0 Å². The van der Waals surface area contributed by atoms with Crippen LogP contribution in [0, 0.1) is 12.8 Å². The number of amides is 1. The second kappa shape index (κ2) is 8.23. The van der Waals surface area contributed by atoms with Crippen molar-refractivity contribution >= 4 is 15.9 Å². The van der Waals surface area contributed by atoms with E-state index in [9.17, 15) is 26.4 Å². The first-order valence-electron chi connectivity index (χ1n) is 9.61. The van der Waals surface area contributed by atoms with Crippen LogP contribution in [0.5, 0.6) is 0 Å². The first-order chi connectivity index (χ1) is 14.3. The molecule has 1 fully saturated rings. The van der Waals surface area contributed by atoms with Crippen molar-refractivity contribution in [2.24, 2.45) is 5.92 Å². The molecule has 0 atom stereocenters. The van der Waals surface area contributed by atoms with E-state index in [1.54, 1.807) is 20.8 Å². The standard InChI is InChI=1S/C19H23F3N4O4S/c1-12-23-17(25-30-12)18(2,3)24-16(27)13-7-9-26(10-8-13)31(28,29)15-6-4-5-14(11-15)19(20,21)22/h4-6,11,13H,7-10H2,1-3H3,(H,24,27). The van der Waals surface area contributed by atoms with Gasteiger partial charge in [-0.25, -0.2) is 8.42 Å². The zero-order valence-electron chi connectivity index (χ0n) is 17.2. The number of piperidine rings is 1. The summed E-state index contributed by atoms with van der Waals surface area (Å²) in [6.07, 6.45) is -4.16. The molecule has 1 aliphatic rings. The van der Waals surface area contributed by atoms with E-state index in [1.165, 1.54) is 0 Å². The summed E-state index contributed by atoms with van der Waals surface area (Å²) < 4.78 is 70.4. The highest BCUT2D eigenvalue weighted by atomic mass is 32.2. The summed E-state index contributed by atoms with van der Waals surface area (Å²) >= 11 is 0. The van der Waals surface area contributed by atoms with Gasteiger partial charge in [-0.3, -0.25) is 4.79 Å². The SMILES string of the molecule is Cc1nc(C(C)(C)NC(=O)C2CCN(S(=O)(=O)c3cccc(C(F)(F)F)c3)CC2)no1. The molecule has 8 nitrogen and oxygen atoms in total. The van der Waals surface area contributed by atoms with Gasteiger partial charge >= 0.3 is 6.18 Å². The van der Waals surface area contributed by atoms with E-state index >= 15 is 0 Å². The number of benzene rings is 1. The highest BCUT2D eigenvalue weighted by Gasteiger charge is 2.37. The minimum Gasteiger partial charge on any atom is -0.344 e. The minimum atomic E-state index is -4.64. The summed E-state index contributed by atoms with van der Waals surface area (Å²) in [5.41, 5.74) is -1.91. The molecule has 1 amide bonds. The van der Waals surface area contributed by atoms with Crippen LogP contribution in [0.4, 0.5) is 13.2 Å². The van der Waals surface area contributed by atoms with E-state index in [2.05, 4.69) is 15.5 Å². The Morgan fingerprint density at radius 1 is 1.23 bits per heavy atom. The average Bonchev–Trinajstić information content (AvgIpc) is 3.14. The molecule has 3 rings (SSSR count). The van der Waals surface area contributed by atoms with Gasteiger partial charge in [0.1, 0.15) is 0 Å². The molecule has 31 heavy (non-hydrogen) atoms. The lowest BCUT2D eigenvalue weighted by atomic mass is 9.95. The maximum atomic E-state index is 12.9. The van der Waals surface area contributed by atoms with Gasteiger partial charge in [0.2, 0.25) is 21.8 Å². The number of hydrogen-bond donors (Lipinski definition) is 1. The number of sulfonamides is 1. The van der Waals surface area contributed by atoms with Crippen molar-refractivity contribution in [1.82, 2.24) is 19.8 Å². The van der Waals surface area contributed by atoms with Crippen molar-refractivity contribution in [3.63, 3.8) is 0 Å². The lowest BCUT2D eigenvalue weighted by Gasteiger charge is -2.32. The molecule has 1 aromatic heterocycles. The fourth-order valence-electron chi connectivity index (χ4n) is 3.36. The monoisotopic (exact) mass is 460 g/mol. The average molecular weight is 460 g/mol. The third kappa shape index (κ3) is 5.06. The van der Waals surface area contributed by atoms with Crippen LogP contribution in [-0.2, 0) is 26.5 Å². The first-order valence-corrected chi connectivity index (χ1v) is 11.0. The molecule has 0 bridgehead atoms. The number of halogens is 3. The van der Waals surface area contributed by atoms with Gasteiger partial charge in [-0.15, -0.1) is 0 Å². The first kappa shape index (κ1) is 23.2. The molecule has 0 saturated carbocycles. The lowest BCUT2D eigenvalue weighted by Crippen LogP contribution is -2.48. The van der Waals surface area contributed by atoms with E-state index in [1.807, 2.05) is 0 Å². The molecule has 12 heteroatoms. The summed E-state index contributed by atoms with van der Waals surface area (Å²) in [5, 5.41) is 6.67. The van der Waals surface area contributed by atoms with Crippen LogP contribution >= 0.6 is 0 Å². The zero-order chi connectivity index (χ0) is 23.0. The molecule has 0 radical (unpaired) electrons. The Balaban J connectivity index is 1.65. The van der Waals surface area contributed by atoms with E-state index < -0.39 is 38.1 Å². The minimum absolute atomic E-state index is 0.0262. The third-order valence-corrected chi connectivity index (χ3v) is 7.04. The Bertz CT molecular complexity index is 1060. The number of hydrogen-bond acceptors (Lipinski definition) is 6. The summed E-state index contributed by atoms with van der Waals surface area (Å²) in [6.45, 7) is 5.14. The molecule has 1 aromatic carbocycles. The van der Waals surface area contributed by atoms with Crippen LogP contribution in [-0.4, -0.2) is 41.9 Å². The maximum Gasteiger partial charge on any atom is 0.416 e. The van der Waals surface area contributed by atoms with Crippen molar-refractivity contribution in [2.45, 2.75) is 50.2 Å². The van der Waals surface area contributed by atoms with Gasteiger partial charge in [0.15, 0.2) is 5.82 Å². The highest BCUT2D eigenvalue weighted by molar-refractivity contribution is 7.89. The Morgan fingerprint density at radius 2 is 1.87 bits per heavy atom. The van der Waals surface area contributed by atoms with E-state index in [0.29, 0.717) is 17.8 Å². The van der Waals surface area contributed by atoms with E-state index in [4.69, 9.17) is 4.52 Å². The molecule has 0 unspecified atom stereocenters. The quantitative estimate of drug-likeness (QED) is 0.736. The molecule has 0 spiro atoms. The zero-order valence-corrected chi connectivity index (χ0v) is 18.0. The predicted octanol–water partition coefficient (Wildman–Crippen LogP) is 2.85. The van der Waals surface area contributed by atoms with Crippen LogP contribution in [0.25, 0.3) is 0 Å². The van der Waals surface area contributed by atoms with Gasteiger partial charge in [-0.05, 0) is 44.9 Å². The number of aryl methyl sites for hydroxylation is 1. The molecule has 1 aliphatic heterocycles. The molecule has 1 saturated heterocycles. The summed E-state index contributed by atoms with van der Waals surface area (Å²) in [6, 6.07) is 3.66. The van der Waals surface area contributed by atoms with Crippen molar-refractivity contribution < 1.29 is 30.9 Å². The van der Waals surface area contributed by atoms with Crippen LogP contribution in [0.3, 0.4) is 0 Å². The number of nitrogens with one attached hydrogen (secondary N) is 1. The number of nitrogens with zero attached hydrogens (tertiary/aromatic N) is 3. The fourth-order valence-corrected chi connectivity index (χ4v) is 4.88. The normalized spacial score (nSPS) is 17.0. The summed E-state index contributed by atoms with van der Waals surface area (Å²) in [5.74, 6) is -0.0304. The Hall–Kier alpha value is -2.47. The summed E-state index contributed by atoms with van der Waals surface area (Å²) in [7, 11) is -4.10. The van der Waals surface area contributed by atoms with E-state index in [0.717, 1.165) is 22.5 Å². The van der Waals surface area contributed by atoms with Crippen LogP contribution in [0.2, 0.25) is 0 Å². The smallest absolute Gasteiger partial charge is 0.344 e. The second-order valence-electron chi connectivity index (χ2n) is 7.96. The van der Waals surface area contributed by atoms with E-state index in [-0.39, 0.29) is 31.8 Å². The number of alkyl halides is 3. The predicted molar refractivity (Wildman–Crippen MR) is 103 cm³/mol. The largest absolute Gasteiger partial charge is 0.416 e. The Labute approximate surface area is 177 Å². The molecule has 2 aromatic rings. The number of rotatable bonds is 5. The van der Waals surface area contributed by atoms with Gasteiger partial charge in [-0.2, -0.15) is 22.5 Å².